The van der Waals surface area contributed by atoms with Crippen LogP contribution < -0.4 is 4.74 Å². The number of oxime groups is 1. The van der Waals surface area contributed by atoms with Crippen molar-refractivity contribution in [3.05, 3.63) is 86.3 Å². The van der Waals surface area contributed by atoms with Gasteiger partial charge in [-0.1, -0.05) is 42.4 Å². The van der Waals surface area contributed by atoms with E-state index in [0.29, 0.717) is 38.8 Å². The molecule has 3 rings (SSSR count). The molecule has 0 saturated carbocycles. The quantitative estimate of drug-likeness (QED) is 0.229. The van der Waals surface area contributed by atoms with Crippen molar-refractivity contribution in [2.45, 2.75) is 25.9 Å². The number of hydrogen-bond acceptors (Lipinski definition) is 5. The van der Waals surface area contributed by atoms with E-state index in [1.807, 2.05) is 30.3 Å². The van der Waals surface area contributed by atoms with E-state index in [0.717, 1.165) is 11.1 Å². The highest BCUT2D eigenvalue weighted by Crippen LogP contribution is 2.38. The molecule has 0 aliphatic carbocycles. The highest BCUT2D eigenvalue weighted by atomic mass is 79.9. The van der Waals surface area contributed by atoms with Crippen LogP contribution >= 0.6 is 31.9 Å². The van der Waals surface area contributed by atoms with Gasteiger partial charge in [0.2, 0.25) is 6.10 Å². The number of rotatable bonds is 9. The summed E-state index contributed by atoms with van der Waals surface area (Å²) in [6.45, 7) is 1.71. The molecular weight excluding hydrogens is 542 g/mol. The minimum atomic E-state index is -1.06. The maximum Gasteiger partial charge on any atom is 0.347 e. The Balaban J connectivity index is 1.76. The van der Waals surface area contributed by atoms with Gasteiger partial charge in [-0.3, -0.25) is 0 Å². The average Bonchev–Trinajstić information content (AvgIpc) is 2.76. The van der Waals surface area contributed by atoms with E-state index in [4.69, 9.17) is 14.7 Å². The van der Waals surface area contributed by atoms with Crippen LogP contribution in [0, 0.1) is 0 Å². The number of ether oxygens (including phenoxy) is 1. The highest BCUT2D eigenvalue weighted by molar-refractivity contribution is 9.11. The van der Waals surface area contributed by atoms with Crippen LogP contribution in [0.15, 0.2) is 74.8 Å². The molecule has 0 bridgehead atoms. The number of carbonyl (C=O) groups is 1. The molecule has 0 radical (unpaired) electrons. The molecule has 166 valence electrons. The summed E-state index contributed by atoms with van der Waals surface area (Å²) in [5.41, 5.74) is 2.53. The fourth-order valence-electron chi connectivity index (χ4n) is 2.91. The molecule has 0 saturated heterocycles. The lowest BCUT2D eigenvalue weighted by atomic mass is 10.0. The minimum Gasteiger partial charge on any atom is -0.508 e. The van der Waals surface area contributed by atoms with Crippen LogP contribution in [0.4, 0.5) is 0 Å². The predicted molar refractivity (Wildman–Crippen MR) is 130 cm³/mol. The first-order valence-electron chi connectivity index (χ1n) is 9.82. The van der Waals surface area contributed by atoms with Crippen molar-refractivity contribution in [2.24, 2.45) is 5.16 Å². The second-order valence-corrected chi connectivity index (χ2v) is 8.65. The van der Waals surface area contributed by atoms with Gasteiger partial charge in [0.1, 0.15) is 11.5 Å². The normalized spacial score (nSPS) is 12.0. The molecule has 0 heterocycles. The van der Waals surface area contributed by atoms with Crippen LogP contribution in [0.2, 0.25) is 0 Å². The molecule has 0 aromatic heterocycles. The predicted octanol–water partition coefficient (Wildman–Crippen LogP) is 6.51. The third kappa shape index (κ3) is 6.34. The summed E-state index contributed by atoms with van der Waals surface area (Å²) in [7, 11) is 0. The van der Waals surface area contributed by atoms with Gasteiger partial charge >= 0.3 is 5.97 Å². The number of nitrogens with zero attached hydrogens (tertiary/aromatic N) is 1. The summed E-state index contributed by atoms with van der Waals surface area (Å²) >= 11 is 7.00. The first-order valence-corrected chi connectivity index (χ1v) is 11.4. The van der Waals surface area contributed by atoms with Crippen LogP contribution in [0.25, 0.3) is 0 Å². The van der Waals surface area contributed by atoms with Crippen molar-refractivity contribution in [3.8, 4) is 17.2 Å². The van der Waals surface area contributed by atoms with E-state index in [2.05, 4.69) is 37.0 Å². The van der Waals surface area contributed by atoms with Gasteiger partial charge in [-0.15, -0.1) is 0 Å². The molecular formula is C24H21Br2NO5. The zero-order valence-electron chi connectivity index (χ0n) is 17.2. The van der Waals surface area contributed by atoms with Gasteiger partial charge < -0.3 is 19.8 Å². The Labute approximate surface area is 202 Å². The zero-order chi connectivity index (χ0) is 23.1. The molecule has 0 amide bonds. The van der Waals surface area contributed by atoms with Crippen molar-refractivity contribution >= 4 is 44.0 Å². The first kappa shape index (κ1) is 23.8. The Morgan fingerprint density at radius 3 is 2.41 bits per heavy atom. The molecule has 0 fully saturated rings. The number of carboxylic acid groups (broad SMARTS) is 1. The summed E-state index contributed by atoms with van der Waals surface area (Å²) in [5.74, 6) is 0.275. The van der Waals surface area contributed by atoms with E-state index in [1.54, 1.807) is 37.3 Å². The van der Waals surface area contributed by atoms with Gasteiger partial charge in [-0.25, -0.2) is 4.79 Å². The standard InChI is InChI=1S/C24H21Br2NO5/c1-2-22(24(29)30)32-27-14-16-11-19(25)23(20(26)12-16)31-18-8-9-21(28)17(13-18)10-15-6-4-3-5-7-15/h3-9,11-14,22,28H,2,10H2,1H3,(H,29,30)/b27-14+. The Bertz CT molecular complexity index is 1100. The molecule has 3 aromatic rings. The fraction of sp³-hybridized carbons (Fsp3) is 0.167. The van der Waals surface area contributed by atoms with Crippen LogP contribution in [0.5, 0.6) is 17.2 Å². The molecule has 32 heavy (non-hydrogen) atoms. The number of phenols is 1. The fourth-order valence-corrected chi connectivity index (χ4v) is 4.29. The summed E-state index contributed by atoms with van der Waals surface area (Å²) in [6, 6.07) is 18.5. The molecule has 0 spiro atoms. The average molecular weight is 563 g/mol. The SMILES string of the molecule is CCC(O/N=C/c1cc(Br)c(Oc2ccc(O)c(Cc3ccccc3)c2)c(Br)c1)C(=O)O. The summed E-state index contributed by atoms with van der Waals surface area (Å²) in [6.07, 6.45) is 1.34. The molecule has 1 unspecified atom stereocenters. The third-order valence-corrected chi connectivity index (χ3v) is 5.74. The summed E-state index contributed by atoms with van der Waals surface area (Å²) in [5, 5.41) is 23.0. The van der Waals surface area contributed by atoms with Crippen LogP contribution in [-0.2, 0) is 16.1 Å². The van der Waals surface area contributed by atoms with Crippen LogP contribution in [0.3, 0.4) is 0 Å². The first-order chi connectivity index (χ1) is 15.4. The van der Waals surface area contributed by atoms with E-state index in [-0.39, 0.29) is 5.75 Å². The molecule has 8 heteroatoms. The second kappa shape index (κ2) is 11.2. The third-order valence-electron chi connectivity index (χ3n) is 4.56. The number of hydrogen-bond donors (Lipinski definition) is 2. The molecule has 6 nitrogen and oxygen atoms in total. The number of carboxylic acids is 1. The number of phenolic OH excluding ortho intramolecular Hbond substituents is 1. The number of halogens is 2. The Morgan fingerprint density at radius 2 is 1.78 bits per heavy atom. The molecule has 3 aromatic carbocycles. The van der Waals surface area contributed by atoms with Gasteiger partial charge in [0.25, 0.3) is 0 Å². The van der Waals surface area contributed by atoms with Crippen LogP contribution in [0.1, 0.15) is 30.0 Å². The van der Waals surface area contributed by atoms with Gasteiger partial charge in [0.05, 0.1) is 15.2 Å². The lowest BCUT2D eigenvalue weighted by molar-refractivity contribution is -0.150. The zero-order valence-corrected chi connectivity index (χ0v) is 20.3. The van der Waals surface area contributed by atoms with Gasteiger partial charge in [0, 0.05) is 12.0 Å². The Kier molecular flexibility index (Phi) is 8.30. The van der Waals surface area contributed by atoms with E-state index >= 15 is 0 Å². The smallest absolute Gasteiger partial charge is 0.347 e. The van der Waals surface area contributed by atoms with E-state index in [1.165, 1.54) is 6.21 Å². The van der Waals surface area contributed by atoms with Gasteiger partial charge in [-0.05, 0) is 79.7 Å². The number of aromatic hydroxyl groups is 1. The number of aliphatic carboxylic acids is 1. The largest absolute Gasteiger partial charge is 0.508 e. The number of benzene rings is 3. The van der Waals surface area contributed by atoms with Crippen molar-refractivity contribution in [3.63, 3.8) is 0 Å². The molecule has 0 aliphatic rings. The van der Waals surface area contributed by atoms with Crippen molar-refractivity contribution in [1.29, 1.82) is 0 Å². The lowest BCUT2D eigenvalue weighted by Gasteiger charge is -2.13. The van der Waals surface area contributed by atoms with E-state index < -0.39 is 12.1 Å². The van der Waals surface area contributed by atoms with Gasteiger partial charge in [-0.2, -0.15) is 0 Å². The van der Waals surface area contributed by atoms with Crippen LogP contribution in [-0.4, -0.2) is 28.5 Å². The topological polar surface area (TPSA) is 88.4 Å². The molecule has 1 atom stereocenters. The summed E-state index contributed by atoms with van der Waals surface area (Å²) in [4.78, 5) is 16.0. The Hall–Kier alpha value is -2.84. The minimum absolute atomic E-state index is 0.206. The highest BCUT2D eigenvalue weighted by Gasteiger charge is 2.16. The maximum absolute atomic E-state index is 11.0. The van der Waals surface area contributed by atoms with Crippen molar-refractivity contribution in [2.75, 3.05) is 0 Å². The Morgan fingerprint density at radius 1 is 1.09 bits per heavy atom. The monoisotopic (exact) mass is 561 g/mol. The van der Waals surface area contributed by atoms with Crippen molar-refractivity contribution < 1.29 is 24.6 Å². The lowest BCUT2D eigenvalue weighted by Crippen LogP contribution is -2.20. The van der Waals surface area contributed by atoms with E-state index in [9.17, 15) is 9.90 Å². The maximum atomic E-state index is 11.0. The second-order valence-electron chi connectivity index (χ2n) is 6.94. The van der Waals surface area contributed by atoms with Gasteiger partial charge in [0.15, 0.2) is 5.75 Å². The van der Waals surface area contributed by atoms with Crippen molar-refractivity contribution in [1.82, 2.24) is 0 Å². The molecule has 2 N–H and O–H groups in total. The summed E-state index contributed by atoms with van der Waals surface area (Å²) < 4.78 is 7.39. The molecule has 0 aliphatic heterocycles.